The number of nitrogens with one attached hydrogen (secondary N) is 1. The van der Waals surface area contributed by atoms with E-state index in [9.17, 15) is 4.79 Å². The Bertz CT molecular complexity index is 615. The van der Waals surface area contributed by atoms with Crippen molar-refractivity contribution in [1.29, 1.82) is 5.26 Å². The van der Waals surface area contributed by atoms with E-state index in [4.69, 9.17) is 5.26 Å². The maximum Gasteiger partial charge on any atom is 0.238 e. The Balaban J connectivity index is 2.43. The first-order valence-corrected chi connectivity index (χ1v) is 5.10. The van der Waals surface area contributed by atoms with Gasteiger partial charge < -0.3 is 5.32 Å². The van der Waals surface area contributed by atoms with Crippen molar-refractivity contribution in [3.05, 3.63) is 30.0 Å². The number of hydrogen-bond acceptors (Lipinski definition) is 4. The lowest BCUT2D eigenvalue weighted by molar-refractivity contribution is -0.115. The van der Waals surface area contributed by atoms with Crippen LogP contribution in [0.15, 0.2) is 24.3 Å². The maximum atomic E-state index is 11.4. The van der Waals surface area contributed by atoms with Gasteiger partial charge in [-0.1, -0.05) is 6.07 Å². The third kappa shape index (κ3) is 2.37. The van der Waals surface area contributed by atoms with Gasteiger partial charge >= 0.3 is 0 Å². The number of amides is 1. The predicted molar refractivity (Wildman–Crippen MR) is 63.1 cm³/mol. The normalized spacial score (nSPS) is 9.88. The van der Waals surface area contributed by atoms with E-state index in [1.807, 2.05) is 25.1 Å². The van der Waals surface area contributed by atoms with Crippen molar-refractivity contribution >= 4 is 22.5 Å². The lowest BCUT2D eigenvalue weighted by Crippen LogP contribution is -2.10. The first kappa shape index (κ1) is 11.0. The maximum absolute atomic E-state index is 11.4. The molecule has 1 amide bonds. The molecule has 0 fully saturated rings. The number of aryl methyl sites for hydroxylation is 1. The Morgan fingerprint density at radius 2 is 2.29 bits per heavy atom. The molecule has 1 heterocycles. The van der Waals surface area contributed by atoms with Crippen LogP contribution in [0.1, 0.15) is 12.1 Å². The standard InChI is InChI=1S/C12H10N4O/c1-8-7-9-10(14-12(17)5-6-13)3-2-4-11(9)16-15-8/h2-4,7H,5H2,1H3,(H,14,17). The number of carbonyl (C=O) groups is 1. The summed E-state index contributed by atoms with van der Waals surface area (Å²) in [5, 5.41) is 19.9. The van der Waals surface area contributed by atoms with Gasteiger partial charge in [-0.2, -0.15) is 15.5 Å². The van der Waals surface area contributed by atoms with E-state index >= 15 is 0 Å². The number of nitrogens with zero attached hydrogens (tertiary/aromatic N) is 3. The summed E-state index contributed by atoms with van der Waals surface area (Å²) in [6, 6.07) is 9.04. The monoisotopic (exact) mass is 226 g/mol. The molecule has 0 unspecified atom stereocenters. The van der Waals surface area contributed by atoms with Crippen molar-refractivity contribution in [3.63, 3.8) is 0 Å². The van der Waals surface area contributed by atoms with Crippen LogP contribution in [0.3, 0.4) is 0 Å². The minimum Gasteiger partial charge on any atom is -0.325 e. The van der Waals surface area contributed by atoms with Gasteiger partial charge in [0, 0.05) is 5.39 Å². The predicted octanol–water partition coefficient (Wildman–Crippen LogP) is 1.79. The molecule has 1 aromatic carbocycles. The van der Waals surface area contributed by atoms with Crippen molar-refractivity contribution in [2.24, 2.45) is 0 Å². The van der Waals surface area contributed by atoms with Crippen LogP contribution < -0.4 is 5.32 Å². The summed E-state index contributed by atoms with van der Waals surface area (Å²) >= 11 is 0. The summed E-state index contributed by atoms with van der Waals surface area (Å²) in [7, 11) is 0. The lowest BCUT2D eigenvalue weighted by Gasteiger charge is -2.06. The van der Waals surface area contributed by atoms with Gasteiger partial charge in [-0.25, -0.2) is 0 Å². The smallest absolute Gasteiger partial charge is 0.238 e. The Hall–Kier alpha value is -2.48. The summed E-state index contributed by atoms with van der Waals surface area (Å²) in [6.45, 7) is 1.83. The van der Waals surface area contributed by atoms with Crippen LogP contribution in [-0.4, -0.2) is 16.1 Å². The molecule has 2 rings (SSSR count). The van der Waals surface area contributed by atoms with Gasteiger partial charge in [0.05, 0.1) is 23.0 Å². The molecule has 0 radical (unpaired) electrons. The fourth-order valence-corrected chi connectivity index (χ4v) is 1.54. The molecule has 1 N–H and O–H groups in total. The summed E-state index contributed by atoms with van der Waals surface area (Å²) in [4.78, 5) is 11.4. The van der Waals surface area contributed by atoms with E-state index in [2.05, 4.69) is 15.5 Å². The molecular weight excluding hydrogens is 216 g/mol. The van der Waals surface area contributed by atoms with Crippen molar-refractivity contribution in [2.75, 3.05) is 5.32 Å². The van der Waals surface area contributed by atoms with Gasteiger partial charge in [0.25, 0.3) is 0 Å². The van der Waals surface area contributed by atoms with Crippen LogP contribution in [0.2, 0.25) is 0 Å². The van der Waals surface area contributed by atoms with Gasteiger partial charge in [-0.3, -0.25) is 4.79 Å². The van der Waals surface area contributed by atoms with Gasteiger partial charge in [-0.05, 0) is 25.1 Å². The summed E-state index contributed by atoms with van der Waals surface area (Å²) in [5.74, 6) is -0.325. The fourth-order valence-electron chi connectivity index (χ4n) is 1.54. The molecule has 0 saturated carbocycles. The van der Waals surface area contributed by atoms with Crippen LogP contribution >= 0.6 is 0 Å². The van der Waals surface area contributed by atoms with Gasteiger partial charge in [-0.15, -0.1) is 0 Å². The summed E-state index contributed by atoms with van der Waals surface area (Å²) in [6.07, 6.45) is -0.159. The van der Waals surface area contributed by atoms with Gasteiger partial charge in [0.15, 0.2) is 0 Å². The lowest BCUT2D eigenvalue weighted by atomic mass is 10.1. The Morgan fingerprint density at radius 3 is 3.06 bits per heavy atom. The highest BCUT2D eigenvalue weighted by molar-refractivity contribution is 6.01. The second kappa shape index (κ2) is 4.58. The van der Waals surface area contributed by atoms with Gasteiger partial charge in [0.1, 0.15) is 6.42 Å². The molecule has 0 bridgehead atoms. The van der Waals surface area contributed by atoms with Crippen LogP contribution in [0, 0.1) is 18.3 Å². The summed E-state index contributed by atoms with van der Waals surface area (Å²) < 4.78 is 0. The molecule has 0 aliphatic carbocycles. The molecule has 0 aliphatic rings. The second-order valence-electron chi connectivity index (χ2n) is 3.61. The van der Waals surface area contributed by atoms with E-state index in [0.29, 0.717) is 11.2 Å². The minimum atomic E-state index is -0.325. The number of benzene rings is 1. The quantitative estimate of drug-likeness (QED) is 0.846. The zero-order chi connectivity index (χ0) is 12.3. The molecule has 0 spiro atoms. The van der Waals surface area contributed by atoms with Crippen molar-refractivity contribution in [2.45, 2.75) is 13.3 Å². The van der Waals surface area contributed by atoms with Crippen LogP contribution in [0.5, 0.6) is 0 Å². The Kier molecular flexibility index (Phi) is 2.97. The van der Waals surface area contributed by atoms with E-state index < -0.39 is 0 Å². The molecule has 0 atom stereocenters. The van der Waals surface area contributed by atoms with Gasteiger partial charge in [0.2, 0.25) is 5.91 Å². The highest BCUT2D eigenvalue weighted by Crippen LogP contribution is 2.21. The number of carbonyl (C=O) groups excluding carboxylic acids is 1. The molecule has 1 aromatic heterocycles. The largest absolute Gasteiger partial charge is 0.325 e. The van der Waals surface area contributed by atoms with Crippen LogP contribution in [0.4, 0.5) is 5.69 Å². The van der Waals surface area contributed by atoms with Crippen molar-refractivity contribution in [3.8, 4) is 6.07 Å². The average Bonchev–Trinajstić information content (AvgIpc) is 2.30. The van der Waals surface area contributed by atoms with Crippen molar-refractivity contribution in [1.82, 2.24) is 10.2 Å². The number of rotatable bonds is 2. The average molecular weight is 226 g/mol. The third-order valence-electron chi connectivity index (χ3n) is 2.27. The van der Waals surface area contributed by atoms with Crippen molar-refractivity contribution < 1.29 is 4.79 Å². The molecule has 0 aliphatic heterocycles. The minimum absolute atomic E-state index is 0.159. The number of anilines is 1. The van der Waals surface area contributed by atoms with Crippen LogP contribution in [-0.2, 0) is 4.79 Å². The third-order valence-corrected chi connectivity index (χ3v) is 2.27. The van der Waals surface area contributed by atoms with E-state index in [-0.39, 0.29) is 12.3 Å². The molecular formula is C12H10N4O. The molecule has 0 saturated heterocycles. The number of nitriles is 1. The van der Waals surface area contributed by atoms with E-state index in [0.717, 1.165) is 11.1 Å². The van der Waals surface area contributed by atoms with E-state index in [1.54, 1.807) is 12.1 Å². The Morgan fingerprint density at radius 1 is 1.47 bits per heavy atom. The number of hydrogen-bond donors (Lipinski definition) is 1. The molecule has 84 valence electrons. The second-order valence-corrected chi connectivity index (χ2v) is 3.61. The fraction of sp³-hybridized carbons (Fsp3) is 0.167. The number of aromatic nitrogens is 2. The SMILES string of the molecule is Cc1cc2c(NC(=O)CC#N)cccc2nn1. The first-order chi connectivity index (χ1) is 8.20. The van der Waals surface area contributed by atoms with Crippen LogP contribution in [0.25, 0.3) is 10.9 Å². The molecule has 2 aromatic rings. The topological polar surface area (TPSA) is 78.7 Å². The first-order valence-electron chi connectivity index (χ1n) is 5.10. The highest BCUT2D eigenvalue weighted by Gasteiger charge is 2.06. The zero-order valence-corrected chi connectivity index (χ0v) is 9.27. The number of fused-ring (bicyclic) bond motifs is 1. The molecule has 5 nitrogen and oxygen atoms in total. The highest BCUT2D eigenvalue weighted by atomic mass is 16.1. The summed E-state index contributed by atoms with van der Waals surface area (Å²) in [5.41, 5.74) is 2.14. The molecule has 17 heavy (non-hydrogen) atoms. The van der Waals surface area contributed by atoms with E-state index in [1.165, 1.54) is 0 Å². The molecule has 5 heteroatoms. The zero-order valence-electron chi connectivity index (χ0n) is 9.27. The Labute approximate surface area is 98.1 Å².